The summed E-state index contributed by atoms with van der Waals surface area (Å²) in [5.41, 5.74) is 2.64. The SMILES string of the molecule is COCCNC(=S)N/N=C\c1ccc(O)c([N+](=O)[O-])c1. The molecule has 8 nitrogen and oxygen atoms in total. The van der Waals surface area contributed by atoms with Gasteiger partial charge in [0.2, 0.25) is 0 Å². The number of nitro benzene ring substituents is 1. The first-order valence-corrected chi connectivity index (χ1v) is 5.98. The molecule has 0 fully saturated rings. The fourth-order valence-corrected chi connectivity index (χ4v) is 1.39. The molecule has 1 aromatic rings. The number of nitrogens with zero attached hydrogens (tertiary/aromatic N) is 2. The lowest BCUT2D eigenvalue weighted by molar-refractivity contribution is -0.385. The number of hydrazone groups is 1. The minimum Gasteiger partial charge on any atom is -0.502 e. The van der Waals surface area contributed by atoms with E-state index < -0.39 is 10.7 Å². The highest BCUT2D eigenvalue weighted by atomic mass is 32.1. The minimum absolute atomic E-state index is 0.312. The molecule has 0 bridgehead atoms. The normalized spacial score (nSPS) is 10.4. The monoisotopic (exact) mass is 298 g/mol. The molecule has 0 heterocycles. The third-order valence-electron chi connectivity index (χ3n) is 2.17. The number of rotatable bonds is 6. The van der Waals surface area contributed by atoms with Gasteiger partial charge in [0.25, 0.3) is 0 Å². The van der Waals surface area contributed by atoms with Crippen molar-refractivity contribution < 1.29 is 14.8 Å². The predicted molar refractivity (Wildman–Crippen MR) is 78.0 cm³/mol. The first-order chi connectivity index (χ1) is 9.54. The molecular weight excluding hydrogens is 284 g/mol. The number of phenols is 1. The van der Waals surface area contributed by atoms with Crippen molar-refractivity contribution in [3.8, 4) is 5.75 Å². The van der Waals surface area contributed by atoms with Crippen molar-refractivity contribution in [1.82, 2.24) is 10.7 Å². The van der Waals surface area contributed by atoms with Gasteiger partial charge in [0.05, 0.1) is 17.7 Å². The van der Waals surface area contributed by atoms with E-state index in [0.717, 1.165) is 0 Å². The van der Waals surface area contributed by atoms with Crippen molar-refractivity contribution in [2.24, 2.45) is 5.10 Å². The van der Waals surface area contributed by atoms with E-state index in [1.807, 2.05) is 0 Å². The van der Waals surface area contributed by atoms with E-state index in [2.05, 4.69) is 15.8 Å². The fraction of sp³-hybridized carbons (Fsp3) is 0.273. The molecule has 0 aliphatic heterocycles. The fourth-order valence-electron chi connectivity index (χ4n) is 1.24. The molecular formula is C11H14N4O4S. The molecule has 0 aromatic heterocycles. The number of thiocarbonyl (C=S) groups is 1. The molecule has 3 N–H and O–H groups in total. The molecule has 0 saturated heterocycles. The number of aromatic hydroxyl groups is 1. The second kappa shape index (κ2) is 8.02. The van der Waals surface area contributed by atoms with Gasteiger partial charge >= 0.3 is 5.69 Å². The molecule has 0 saturated carbocycles. The summed E-state index contributed by atoms with van der Waals surface area (Å²) in [6.45, 7) is 1.05. The van der Waals surface area contributed by atoms with Crippen molar-refractivity contribution >= 4 is 29.2 Å². The molecule has 0 unspecified atom stereocenters. The van der Waals surface area contributed by atoms with Crippen LogP contribution in [0.3, 0.4) is 0 Å². The van der Waals surface area contributed by atoms with Crippen LogP contribution in [0.5, 0.6) is 5.75 Å². The van der Waals surface area contributed by atoms with Crippen LogP contribution in [-0.2, 0) is 4.74 Å². The summed E-state index contributed by atoms with van der Waals surface area (Å²) < 4.78 is 4.84. The number of hydrogen-bond donors (Lipinski definition) is 3. The Morgan fingerprint density at radius 3 is 3.05 bits per heavy atom. The maximum atomic E-state index is 10.6. The maximum Gasteiger partial charge on any atom is 0.311 e. The maximum absolute atomic E-state index is 10.6. The molecule has 1 rings (SSSR count). The molecule has 0 aliphatic carbocycles. The van der Waals surface area contributed by atoms with Crippen molar-refractivity contribution in [3.63, 3.8) is 0 Å². The lowest BCUT2D eigenvalue weighted by atomic mass is 10.2. The van der Waals surface area contributed by atoms with Crippen LogP contribution in [0.25, 0.3) is 0 Å². The zero-order valence-corrected chi connectivity index (χ0v) is 11.5. The number of ether oxygens (including phenoxy) is 1. The third-order valence-corrected chi connectivity index (χ3v) is 2.40. The number of nitro groups is 1. The van der Waals surface area contributed by atoms with E-state index in [4.69, 9.17) is 17.0 Å². The van der Waals surface area contributed by atoms with Crippen LogP contribution < -0.4 is 10.7 Å². The van der Waals surface area contributed by atoms with Gasteiger partial charge in [0.1, 0.15) is 0 Å². The average Bonchev–Trinajstić information content (AvgIpc) is 2.40. The standard InChI is InChI=1S/C11H14N4O4S/c1-19-5-4-12-11(20)14-13-7-8-2-3-10(16)9(6-8)15(17)18/h2-3,6-7,16H,4-5H2,1H3,(H2,12,14,20)/b13-7-. The highest BCUT2D eigenvalue weighted by Gasteiger charge is 2.12. The second-order valence-electron chi connectivity index (χ2n) is 3.62. The van der Waals surface area contributed by atoms with Crippen molar-refractivity contribution in [1.29, 1.82) is 0 Å². The van der Waals surface area contributed by atoms with Gasteiger partial charge < -0.3 is 15.2 Å². The van der Waals surface area contributed by atoms with Crippen LogP contribution in [0.15, 0.2) is 23.3 Å². The first-order valence-electron chi connectivity index (χ1n) is 5.58. The Labute approximate surface area is 120 Å². The van der Waals surface area contributed by atoms with E-state index in [-0.39, 0.29) is 5.69 Å². The smallest absolute Gasteiger partial charge is 0.311 e. The largest absolute Gasteiger partial charge is 0.502 e. The summed E-state index contributed by atoms with van der Waals surface area (Å²) in [5, 5.41) is 26.9. The Kier molecular flexibility index (Phi) is 6.33. The quantitative estimate of drug-likeness (QED) is 0.234. The van der Waals surface area contributed by atoms with Crippen LogP contribution >= 0.6 is 12.2 Å². The number of benzene rings is 1. The van der Waals surface area contributed by atoms with E-state index >= 15 is 0 Å². The average molecular weight is 298 g/mol. The molecule has 1 aromatic carbocycles. The van der Waals surface area contributed by atoms with E-state index in [9.17, 15) is 15.2 Å². The first kappa shape index (κ1) is 15.8. The predicted octanol–water partition coefficient (Wildman–Crippen LogP) is 0.745. The van der Waals surface area contributed by atoms with Crippen LogP contribution in [0, 0.1) is 10.1 Å². The zero-order chi connectivity index (χ0) is 15.0. The summed E-state index contributed by atoms with van der Waals surface area (Å²) in [4.78, 5) is 9.98. The van der Waals surface area contributed by atoms with Crippen LogP contribution in [-0.4, -0.2) is 41.6 Å². The summed E-state index contributed by atoms with van der Waals surface area (Å²) in [6.07, 6.45) is 1.36. The van der Waals surface area contributed by atoms with Gasteiger partial charge in [-0.05, 0) is 24.4 Å². The van der Waals surface area contributed by atoms with Gasteiger partial charge in [-0.25, -0.2) is 0 Å². The summed E-state index contributed by atoms with van der Waals surface area (Å²) in [5.74, 6) is -0.392. The van der Waals surface area contributed by atoms with Crippen LogP contribution in [0.1, 0.15) is 5.56 Å². The van der Waals surface area contributed by atoms with Crippen molar-refractivity contribution in [3.05, 3.63) is 33.9 Å². The molecule has 0 radical (unpaired) electrons. The lowest BCUT2D eigenvalue weighted by Gasteiger charge is -2.05. The molecule has 0 amide bonds. The Balaban J connectivity index is 2.56. The molecule has 0 aliphatic rings. The Morgan fingerprint density at radius 1 is 1.65 bits per heavy atom. The summed E-state index contributed by atoms with van der Waals surface area (Å²) in [7, 11) is 1.58. The summed E-state index contributed by atoms with van der Waals surface area (Å²) in [6, 6.07) is 3.94. The van der Waals surface area contributed by atoms with Crippen LogP contribution in [0.2, 0.25) is 0 Å². The topological polar surface area (TPSA) is 109 Å². The van der Waals surface area contributed by atoms with E-state index in [0.29, 0.717) is 23.8 Å². The molecule has 0 spiro atoms. The van der Waals surface area contributed by atoms with E-state index in [1.165, 1.54) is 24.4 Å². The zero-order valence-electron chi connectivity index (χ0n) is 10.7. The minimum atomic E-state index is -0.670. The van der Waals surface area contributed by atoms with Gasteiger partial charge in [-0.2, -0.15) is 5.10 Å². The molecule has 0 atom stereocenters. The second-order valence-corrected chi connectivity index (χ2v) is 4.03. The molecule has 9 heteroatoms. The van der Waals surface area contributed by atoms with Crippen molar-refractivity contribution in [2.45, 2.75) is 0 Å². The third kappa shape index (κ3) is 5.16. The van der Waals surface area contributed by atoms with Gasteiger partial charge in [-0.3, -0.25) is 15.5 Å². The number of hydrogen-bond acceptors (Lipinski definition) is 6. The Bertz CT molecular complexity index is 521. The van der Waals surface area contributed by atoms with E-state index in [1.54, 1.807) is 7.11 Å². The van der Waals surface area contributed by atoms with Gasteiger partial charge in [0.15, 0.2) is 10.9 Å². The van der Waals surface area contributed by atoms with Gasteiger partial charge in [0, 0.05) is 25.3 Å². The summed E-state index contributed by atoms with van der Waals surface area (Å²) >= 11 is 4.93. The van der Waals surface area contributed by atoms with Crippen LogP contribution in [0.4, 0.5) is 5.69 Å². The highest BCUT2D eigenvalue weighted by Crippen LogP contribution is 2.25. The highest BCUT2D eigenvalue weighted by molar-refractivity contribution is 7.80. The van der Waals surface area contributed by atoms with Crippen molar-refractivity contribution in [2.75, 3.05) is 20.3 Å². The Hall–Kier alpha value is -2.26. The van der Waals surface area contributed by atoms with Gasteiger partial charge in [-0.1, -0.05) is 0 Å². The molecule has 20 heavy (non-hydrogen) atoms. The number of phenolic OH excluding ortho intramolecular Hbond substituents is 1. The number of nitrogens with one attached hydrogen (secondary N) is 2. The number of methoxy groups -OCH3 is 1. The lowest BCUT2D eigenvalue weighted by Crippen LogP contribution is -2.34. The van der Waals surface area contributed by atoms with Gasteiger partial charge in [-0.15, -0.1) is 0 Å². The molecule has 108 valence electrons. The Morgan fingerprint density at radius 2 is 2.40 bits per heavy atom.